The van der Waals surface area contributed by atoms with Crippen molar-refractivity contribution in [3.05, 3.63) is 59.2 Å². The molecule has 0 spiro atoms. The van der Waals surface area contributed by atoms with Crippen LogP contribution in [-0.4, -0.2) is 17.4 Å². The maximum Gasteiger partial charge on any atom is 0.259 e. The number of hydrogen-bond donors (Lipinski definition) is 0. The highest BCUT2D eigenvalue weighted by Crippen LogP contribution is 2.29. The average Bonchev–Trinajstić information content (AvgIpc) is 2.46. The Kier molecular flexibility index (Phi) is 3.22. The second-order valence-corrected chi connectivity index (χ2v) is 5.02. The van der Waals surface area contributed by atoms with Gasteiger partial charge in [-0.05, 0) is 49.6 Å². The number of fused-ring (bicyclic) bond motifs is 1. The molecule has 1 aliphatic rings. The minimum Gasteiger partial charge on any atom is -0.308 e. The molecule has 0 aliphatic carbocycles. The molecule has 3 nitrogen and oxygen atoms in total. The maximum atomic E-state index is 13.4. The summed E-state index contributed by atoms with van der Waals surface area (Å²) in [6.07, 6.45) is 3.35. The molecule has 1 amide bonds. The van der Waals surface area contributed by atoms with Gasteiger partial charge in [0.2, 0.25) is 0 Å². The minimum atomic E-state index is -0.314. The van der Waals surface area contributed by atoms with Gasteiger partial charge in [-0.2, -0.15) is 0 Å². The Hall–Kier alpha value is -2.23. The first kappa shape index (κ1) is 12.8. The van der Waals surface area contributed by atoms with E-state index in [1.165, 1.54) is 12.1 Å². The van der Waals surface area contributed by atoms with E-state index in [-0.39, 0.29) is 11.7 Å². The fourth-order valence-electron chi connectivity index (χ4n) is 2.51. The maximum absolute atomic E-state index is 13.4. The van der Waals surface area contributed by atoms with Gasteiger partial charge in [-0.15, -0.1) is 0 Å². The number of aromatic nitrogens is 1. The number of anilines is 1. The number of halogens is 1. The zero-order valence-electron chi connectivity index (χ0n) is 11.3. The molecule has 0 unspecified atom stereocenters. The van der Waals surface area contributed by atoms with Crippen molar-refractivity contribution in [3.8, 4) is 0 Å². The van der Waals surface area contributed by atoms with E-state index in [4.69, 9.17) is 0 Å². The number of hydrogen-bond acceptors (Lipinski definition) is 2. The zero-order chi connectivity index (χ0) is 14.1. The lowest BCUT2D eigenvalue weighted by molar-refractivity contribution is 0.0984. The molecule has 1 aromatic carbocycles. The van der Waals surface area contributed by atoms with Crippen molar-refractivity contribution >= 4 is 11.6 Å². The number of benzene rings is 1. The largest absolute Gasteiger partial charge is 0.308 e. The Balaban J connectivity index is 1.97. The van der Waals surface area contributed by atoms with Crippen molar-refractivity contribution < 1.29 is 9.18 Å². The molecule has 1 aromatic heterocycles. The third-order valence-electron chi connectivity index (χ3n) is 3.57. The smallest absolute Gasteiger partial charge is 0.259 e. The van der Waals surface area contributed by atoms with Crippen molar-refractivity contribution in [2.24, 2.45) is 0 Å². The van der Waals surface area contributed by atoms with Crippen LogP contribution in [0.5, 0.6) is 0 Å². The van der Waals surface area contributed by atoms with Crippen LogP contribution in [0.25, 0.3) is 0 Å². The normalized spacial score (nSPS) is 14.0. The van der Waals surface area contributed by atoms with E-state index in [2.05, 4.69) is 4.98 Å². The summed E-state index contributed by atoms with van der Waals surface area (Å²) in [4.78, 5) is 18.3. The van der Waals surface area contributed by atoms with Crippen molar-refractivity contribution in [2.75, 3.05) is 11.4 Å². The first-order valence-electron chi connectivity index (χ1n) is 6.68. The van der Waals surface area contributed by atoms with Crippen molar-refractivity contribution in [1.29, 1.82) is 0 Å². The van der Waals surface area contributed by atoms with Gasteiger partial charge >= 0.3 is 0 Å². The summed E-state index contributed by atoms with van der Waals surface area (Å²) in [5.41, 5.74) is 3.10. The Morgan fingerprint density at radius 1 is 1.30 bits per heavy atom. The lowest BCUT2D eigenvalue weighted by Crippen LogP contribution is -2.35. The van der Waals surface area contributed by atoms with E-state index in [9.17, 15) is 9.18 Å². The molecule has 1 aliphatic heterocycles. The summed E-state index contributed by atoms with van der Waals surface area (Å²) >= 11 is 0. The van der Waals surface area contributed by atoms with Crippen molar-refractivity contribution in [2.45, 2.75) is 19.8 Å². The number of amides is 1. The van der Waals surface area contributed by atoms with Crippen LogP contribution >= 0.6 is 0 Å². The van der Waals surface area contributed by atoms with Gasteiger partial charge in [0.05, 0.1) is 11.3 Å². The summed E-state index contributed by atoms with van der Waals surface area (Å²) in [6.45, 7) is 2.49. The Labute approximate surface area is 117 Å². The Bertz CT molecular complexity index is 652. The predicted octanol–water partition coefficient (Wildman–Crippen LogP) is 3.12. The number of pyridine rings is 1. The van der Waals surface area contributed by atoms with Crippen LogP contribution in [0.2, 0.25) is 0 Å². The van der Waals surface area contributed by atoms with Gasteiger partial charge in [0.15, 0.2) is 0 Å². The van der Waals surface area contributed by atoms with E-state index in [0.29, 0.717) is 17.8 Å². The molecule has 0 fully saturated rings. The first-order valence-corrected chi connectivity index (χ1v) is 6.68. The topological polar surface area (TPSA) is 33.2 Å². The zero-order valence-corrected chi connectivity index (χ0v) is 11.3. The monoisotopic (exact) mass is 270 g/mol. The molecule has 0 bridgehead atoms. The second-order valence-electron chi connectivity index (χ2n) is 5.02. The Morgan fingerprint density at radius 3 is 2.90 bits per heavy atom. The highest BCUT2D eigenvalue weighted by Gasteiger charge is 2.24. The van der Waals surface area contributed by atoms with Gasteiger partial charge in [0, 0.05) is 18.4 Å². The summed E-state index contributed by atoms with van der Waals surface area (Å²) < 4.78 is 13.4. The molecule has 0 N–H and O–H groups in total. The lowest BCUT2D eigenvalue weighted by atomic mass is 10.0. The molecule has 102 valence electrons. The summed E-state index contributed by atoms with van der Waals surface area (Å²) in [5.74, 6) is -0.436. The standard InChI is InChI=1S/C16H15FN2O/c1-11-4-5-13(10-18-11)16(20)19-8-2-3-12-6-7-14(17)9-15(12)19/h4-7,9-10H,2-3,8H2,1H3. The van der Waals surface area contributed by atoms with Crippen LogP contribution in [0, 0.1) is 12.7 Å². The first-order chi connectivity index (χ1) is 9.65. The molecule has 0 radical (unpaired) electrons. The lowest BCUT2D eigenvalue weighted by Gasteiger charge is -2.29. The third kappa shape index (κ3) is 2.29. The summed E-state index contributed by atoms with van der Waals surface area (Å²) in [7, 11) is 0. The van der Waals surface area contributed by atoms with E-state index in [1.807, 2.05) is 13.0 Å². The fraction of sp³-hybridized carbons (Fsp3) is 0.250. The fourth-order valence-corrected chi connectivity index (χ4v) is 2.51. The van der Waals surface area contributed by atoms with E-state index >= 15 is 0 Å². The molecule has 3 rings (SSSR count). The highest BCUT2D eigenvalue weighted by molar-refractivity contribution is 6.06. The minimum absolute atomic E-state index is 0.121. The molecular formula is C16H15FN2O. The van der Waals surface area contributed by atoms with E-state index in [1.54, 1.807) is 23.2 Å². The molecule has 4 heteroatoms. The molecule has 2 heterocycles. The Morgan fingerprint density at radius 2 is 2.15 bits per heavy atom. The quantitative estimate of drug-likeness (QED) is 0.797. The molecule has 2 aromatic rings. The van der Waals surface area contributed by atoms with Gasteiger partial charge in [0.1, 0.15) is 5.82 Å². The van der Waals surface area contributed by atoms with E-state index in [0.717, 1.165) is 24.1 Å². The van der Waals surface area contributed by atoms with Gasteiger partial charge in [-0.3, -0.25) is 9.78 Å². The average molecular weight is 270 g/mol. The molecule has 20 heavy (non-hydrogen) atoms. The third-order valence-corrected chi connectivity index (χ3v) is 3.57. The number of carbonyl (C=O) groups is 1. The summed E-state index contributed by atoms with van der Waals surface area (Å²) in [5, 5.41) is 0. The highest BCUT2D eigenvalue weighted by atomic mass is 19.1. The van der Waals surface area contributed by atoms with Crippen molar-refractivity contribution in [1.82, 2.24) is 4.98 Å². The van der Waals surface area contributed by atoms with E-state index < -0.39 is 0 Å². The van der Waals surface area contributed by atoms with Gasteiger partial charge in [-0.1, -0.05) is 6.07 Å². The van der Waals surface area contributed by atoms with Crippen LogP contribution in [0.1, 0.15) is 28.0 Å². The van der Waals surface area contributed by atoms with Crippen LogP contribution in [0.4, 0.5) is 10.1 Å². The van der Waals surface area contributed by atoms with Crippen LogP contribution in [-0.2, 0) is 6.42 Å². The number of aryl methyl sites for hydroxylation is 2. The number of rotatable bonds is 1. The van der Waals surface area contributed by atoms with Crippen LogP contribution < -0.4 is 4.90 Å². The predicted molar refractivity (Wildman–Crippen MR) is 75.4 cm³/mol. The van der Waals surface area contributed by atoms with Gasteiger partial charge in [0.25, 0.3) is 5.91 Å². The molecule has 0 atom stereocenters. The van der Waals surface area contributed by atoms with Crippen LogP contribution in [0.15, 0.2) is 36.5 Å². The number of carbonyl (C=O) groups excluding carboxylic acids is 1. The summed E-state index contributed by atoms with van der Waals surface area (Å²) in [6, 6.07) is 8.22. The molecule has 0 saturated heterocycles. The van der Waals surface area contributed by atoms with Gasteiger partial charge < -0.3 is 4.90 Å². The molecule has 0 saturated carbocycles. The van der Waals surface area contributed by atoms with Crippen LogP contribution in [0.3, 0.4) is 0 Å². The second kappa shape index (κ2) is 5.04. The van der Waals surface area contributed by atoms with Gasteiger partial charge in [-0.25, -0.2) is 4.39 Å². The number of nitrogens with zero attached hydrogens (tertiary/aromatic N) is 2. The SMILES string of the molecule is Cc1ccc(C(=O)N2CCCc3ccc(F)cc32)cn1. The molecular weight excluding hydrogens is 255 g/mol. The van der Waals surface area contributed by atoms with Crippen molar-refractivity contribution in [3.63, 3.8) is 0 Å².